The van der Waals surface area contributed by atoms with E-state index in [1.54, 1.807) is 4.90 Å². The normalized spacial score (nSPS) is 18.1. The number of hydrogen-bond donors (Lipinski definition) is 1. The Kier molecular flexibility index (Phi) is 6.87. The fourth-order valence-electron chi connectivity index (χ4n) is 4.44. The highest BCUT2D eigenvalue weighted by Gasteiger charge is 2.27. The van der Waals surface area contributed by atoms with Crippen molar-refractivity contribution in [3.63, 3.8) is 0 Å². The molecule has 2 saturated heterocycles. The average molecular weight is 421 g/mol. The zero-order chi connectivity index (χ0) is 21.6. The summed E-state index contributed by atoms with van der Waals surface area (Å²) in [5, 5.41) is 2.77. The number of hydrogen-bond acceptors (Lipinski definition) is 4. The van der Waals surface area contributed by atoms with Crippen LogP contribution in [-0.4, -0.2) is 67.9 Å². The number of nitrogens with one attached hydrogen (secondary N) is 1. The monoisotopic (exact) mass is 420 g/mol. The molecule has 2 aliphatic heterocycles. The maximum absolute atomic E-state index is 12.6. The number of rotatable bonds is 4. The minimum Gasteiger partial charge on any atom is -0.369 e. The first-order chi connectivity index (χ1) is 15.1. The summed E-state index contributed by atoms with van der Waals surface area (Å²) >= 11 is 0. The maximum Gasteiger partial charge on any atom is 0.313 e. The molecule has 0 aromatic heterocycles. The van der Waals surface area contributed by atoms with Crippen molar-refractivity contribution in [3.8, 4) is 0 Å². The van der Waals surface area contributed by atoms with Crippen LogP contribution in [0.2, 0.25) is 0 Å². The first-order valence-corrected chi connectivity index (χ1v) is 11.3. The molecule has 31 heavy (non-hydrogen) atoms. The molecule has 2 heterocycles. The Morgan fingerprint density at radius 2 is 1.52 bits per heavy atom. The van der Waals surface area contributed by atoms with Gasteiger partial charge in [0, 0.05) is 50.6 Å². The van der Waals surface area contributed by atoms with Crippen LogP contribution in [0.3, 0.4) is 0 Å². The molecule has 2 aromatic carbocycles. The Morgan fingerprint density at radius 1 is 0.871 bits per heavy atom. The summed E-state index contributed by atoms with van der Waals surface area (Å²) in [5.74, 6) is -0.410. The number of piperazine rings is 1. The summed E-state index contributed by atoms with van der Waals surface area (Å²) in [6.45, 7) is 5.39. The highest BCUT2D eigenvalue weighted by molar-refractivity contribution is 6.39. The van der Waals surface area contributed by atoms with Gasteiger partial charge >= 0.3 is 11.8 Å². The van der Waals surface area contributed by atoms with Gasteiger partial charge in [-0.25, -0.2) is 0 Å². The molecule has 0 bridgehead atoms. The molecule has 0 unspecified atom stereocenters. The van der Waals surface area contributed by atoms with Gasteiger partial charge in [0.25, 0.3) is 0 Å². The standard InChI is InChI=1S/C25H32N4O2/c1-27-15-17-28(18-16-27)23-9-7-22(8-10-23)26-24(30)25(31)29-13-11-21(12-14-29)19-20-5-3-2-4-6-20/h2-10,21H,11-19H2,1H3,(H,26,30). The molecule has 0 spiro atoms. The smallest absolute Gasteiger partial charge is 0.313 e. The first-order valence-electron chi connectivity index (χ1n) is 11.3. The van der Waals surface area contributed by atoms with E-state index in [4.69, 9.17) is 0 Å². The Morgan fingerprint density at radius 3 is 2.16 bits per heavy atom. The number of carbonyl (C=O) groups excluding carboxylic acids is 2. The lowest BCUT2D eigenvalue weighted by Crippen LogP contribution is -2.44. The van der Waals surface area contributed by atoms with E-state index in [1.807, 2.05) is 30.3 Å². The van der Waals surface area contributed by atoms with Crippen molar-refractivity contribution >= 4 is 23.2 Å². The SMILES string of the molecule is CN1CCN(c2ccc(NC(=O)C(=O)N3CCC(Cc4ccccc4)CC3)cc2)CC1. The van der Waals surface area contributed by atoms with Crippen molar-refractivity contribution < 1.29 is 9.59 Å². The van der Waals surface area contributed by atoms with Gasteiger partial charge < -0.3 is 20.0 Å². The number of benzene rings is 2. The number of carbonyl (C=O) groups is 2. The van der Waals surface area contributed by atoms with E-state index in [-0.39, 0.29) is 0 Å². The van der Waals surface area contributed by atoms with E-state index >= 15 is 0 Å². The van der Waals surface area contributed by atoms with Crippen LogP contribution in [0.5, 0.6) is 0 Å². The van der Waals surface area contributed by atoms with E-state index in [1.165, 1.54) is 5.56 Å². The van der Waals surface area contributed by atoms with Crippen LogP contribution in [-0.2, 0) is 16.0 Å². The van der Waals surface area contributed by atoms with Crippen LogP contribution in [0.1, 0.15) is 18.4 Å². The summed E-state index contributed by atoms with van der Waals surface area (Å²) in [5.41, 5.74) is 3.15. The summed E-state index contributed by atoms with van der Waals surface area (Å²) in [6.07, 6.45) is 2.91. The third kappa shape index (κ3) is 5.64. The molecule has 0 aliphatic carbocycles. The van der Waals surface area contributed by atoms with E-state index < -0.39 is 11.8 Å². The predicted octanol–water partition coefficient (Wildman–Crippen LogP) is 2.86. The minimum absolute atomic E-state index is 0.429. The first kappa shape index (κ1) is 21.4. The number of amides is 2. The van der Waals surface area contributed by atoms with Gasteiger partial charge in [0.15, 0.2) is 0 Å². The van der Waals surface area contributed by atoms with E-state index in [9.17, 15) is 9.59 Å². The number of piperidine rings is 1. The van der Waals surface area contributed by atoms with Crippen molar-refractivity contribution in [1.82, 2.24) is 9.80 Å². The molecule has 0 saturated carbocycles. The van der Waals surface area contributed by atoms with Crippen LogP contribution in [0.4, 0.5) is 11.4 Å². The zero-order valence-electron chi connectivity index (χ0n) is 18.3. The average Bonchev–Trinajstić information content (AvgIpc) is 2.81. The lowest BCUT2D eigenvalue weighted by Gasteiger charge is -2.34. The summed E-state index contributed by atoms with van der Waals surface area (Å²) < 4.78 is 0. The second-order valence-corrected chi connectivity index (χ2v) is 8.72. The van der Waals surface area contributed by atoms with Gasteiger partial charge in [-0.15, -0.1) is 0 Å². The molecule has 4 rings (SSSR count). The molecule has 164 valence electrons. The molecule has 2 aromatic rings. The van der Waals surface area contributed by atoms with Gasteiger partial charge in [0.2, 0.25) is 0 Å². The lowest BCUT2D eigenvalue weighted by atomic mass is 9.90. The third-order valence-electron chi connectivity index (χ3n) is 6.46. The van der Waals surface area contributed by atoms with E-state index in [0.717, 1.165) is 51.1 Å². The minimum atomic E-state index is -0.547. The molecule has 6 nitrogen and oxygen atoms in total. The lowest BCUT2D eigenvalue weighted by molar-refractivity contribution is -0.144. The summed E-state index contributed by atoms with van der Waals surface area (Å²) in [4.78, 5) is 31.5. The second kappa shape index (κ2) is 9.96. The Hall–Kier alpha value is -2.86. The van der Waals surface area contributed by atoms with Gasteiger partial charge in [-0.1, -0.05) is 30.3 Å². The maximum atomic E-state index is 12.6. The van der Waals surface area contributed by atoms with Gasteiger partial charge in [0.1, 0.15) is 0 Å². The molecule has 0 radical (unpaired) electrons. The third-order valence-corrected chi connectivity index (χ3v) is 6.46. The molecule has 2 amide bonds. The van der Waals surface area contributed by atoms with Crippen LogP contribution < -0.4 is 10.2 Å². The molecule has 6 heteroatoms. The Labute approximate surface area is 184 Å². The molecular formula is C25H32N4O2. The number of anilines is 2. The summed E-state index contributed by atoms with van der Waals surface area (Å²) in [7, 11) is 2.14. The van der Waals surface area contributed by atoms with Crippen molar-refractivity contribution in [3.05, 3.63) is 60.2 Å². The van der Waals surface area contributed by atoms with Gasteiger partial charge in [0.05, 0.1) is 0 Å². The Bertz CT molecular complexity index is 868. The van der Waals surface area contributed by atoms with Crippen LogP contribution >= 0.6 is 0 Å². The summed E-state index contributed by atoms with van der Waals surface area (Å²) in [6, 6.07) is 18.3. The van der Waals surface area contributed by atoms with Gasteiger partial charge in [-0.2, -0.15) is 0 Å². The predicted molar refractivity (Wildman–Crippen MR) is 124 cm³/mol. The Balaban J connectivity index is 1.25. The number of nitrogens with zero attached hydrogens (tertiary/aromatic N) is 3. The number of likely N-dealkylation sites (tertiary alicyclic amines) is 1. The van der Waals surface area contributed by atoms with Crippen molar-refractivity contribution in [2.75, 3.05) is 56.5 Å². The quantitative estimate of drug-likeness (QED) is 0.773. The molecular weight excluding hydrogens is 388 g/mol. The zero-order valence-corrected chi connectivity index (χ0v) is 18.3. The van der Waals surface area contributed by atoms with Gasteiger partial charge in [-0.3, -0.25) is 9.59 Å². The second-order valence-electron chi connectivity index (χ2n) is 8.72. The van der Waals surface area contributed by atoms with E-state index in [2.05, 4.69) is 46.4 Å². The number of likely N-dealkylation sites (N-methyl/N-ethyl adjacent to an activating group) is 1. The van der Waals surface area contributed by atoms with Crippen molar-refractivity contribution in [2.24, 2.45) is 5.92 Å². The van der Waals surface area contributed by atoms with Crippen LogP contribution in [0.25, 0.3) is 0 Å². The van der Waals surface area contributed by atoms with E-state index in [0.29, 0.717) is 24.7 Å². The van der Waals surface area contributed by atoms with Crippen LogP contribution in [0, 0.1) is 5.92 Å². The largest absolute Gasteiger partial charge is 0.369 e. The highest BCUT2D eigenvalue weighted by atomic mass is 16.2. The topological polar surface area (TPSA) is 55.9 Å². The molecule has 0 atom stereocenters. The van der Waals surface area contributed by atoms with Crippen LogP contribution in [0.15, 0.2) is 54.6 Å². The molecule has 2 fully saturated rings. The fraction of sp³-hybridized carbons (Fsp3) is 0.440. The van der Waals surface area contributed by atoms with Crippen molar-refractivity contribution in [2.45, 2.75) is 19.3 Å². The molecule has 2 aliphatic rings. The highest BCUT2D eigenvalue weighted by Crippen LogP contribution is 2.23. The van der Waals surface area contributed by atoms with Gasteiger partial charge in [-0.05, 0) is 62.1 Å². The fourth-order valence-corrected chi connectivity index (χ4v) is 4.44. The molecule has 1 N–H and O–H groups in total. The van der Waals surface area contributed by atoms with Crippen molar-refractivity contribution in [1.29, 1.82) is 0 Å².